The fraction of sp³-hybridized carbons (Fsp3) is 0.125. The minimum absolute atomic E-state index is 0.0000376. The summed E-state index contributed by atoms with van der Waals surface area (Å²) in [4.78, 5) is 22.2. The maximum Gasteiger partial charge on any atom is 0.272 e. The molecule has 0 saturated carbocycles. The Morgan fingerprint density at radius 1 is 1.33 bits per heavy atom. The summed E-state index contributed by atoms with van der Waals surface area (Å²) in [6.07, 6.45) is 1.39. The Balaban J connectivity index is 2.07. The average Bonchev–Trinajstić information content (AvgIpc) is 2.55. The van der Waals surface area contributed by atoms with Crippen molar-refractivity contribution < 1.29 is 19.6 Å². The van der Waals surface area contributed by atoms with Crippen LogP contribution in [0.25, 0.3) is 0 Å². The van der Waals surface area contributed by atoms with Crippen molar-refractivity contribution in [3.8, 4) is 11.5 Å². The molecule has 2 rings (SSSR count). The molecule has 0 unspecified atom stereocenters. The molecule has 0 saturated heterocycles. The van der Waals surface area contributed by atoms with Crippen LogP contribution >= 0.6 is 0 Å². The summed E-state index contributed by atoms with van der Waals surface area (Å²) in [5.41, 5.74) is 3.55. The summed E-state index contributed by atoms with van der Waals surface area (Å²) in [5.74, 6) is -0.202. The molecule has 0 atom stereocenters. The van der Waals surface area contributed by atoms with Crippen LogP contribution in [0, 0.1) is 17.0 Å². The van der Waals surface area contributed by atoms with Gasteiger partial charge in [0.1, 0.15) is 0 Å². The third-order valence-corrected chi connectivity index (χ3v) is 3.24. The fourth-order valence-corrected chi connectivity index (χ4v) is 2.01. The number of phenols is 1. The van der Waals surface area contributed by atoms with E-state index < -0.39 is 10.8 Å². The molecule has 1 amide bonds. The molecular formula is C16H15N3O5. The van der Waals surface area contributed by atoms with Crippen LogP contribution in [-0.2, 0) is 0 Å². The van der Waals surface area contributed by atoms with E-state index in [4.69, 9.17) is 4.74 Å². The number of aryl methyl sites for hydroxylation is 1. The van der Waals surface area contributed by atoms with Crippen molar-refractivity contribution in [1.82, 2.24) is 5.43 Å². The summed E-state index contributed by atoms with van der Waals surface area (Å²) in [6.45, 7) is 1.56. The van der Waals surface area contributed by atoms with Crippen molar-refractivity contribution in [3.05, 3.63) is 63.2 Å². The lowest BCUT2D eigenvalue weighted by molar-refractivity contribution is -0.385. The molecule has 24 heavy (non-hydrogen) atoms. The van der Waals surface area contributed by atoms with Gasteiger partial charge in [0.25, 0.3) is 11.6 Å². The van der Waals surface area contributed by atoms with Gasteiger partial charge in [-0.15, -0.1) is 0 Å². The molecule has 2 N–H and O–H groups in total. The van der Waals surface area contributed by atoms with Gasteiger partial charge in [0.15, 0.2) is 11.5 Å². The van der Waals surface area contributed by atoms with Crippen molar-refractivity contribution in [3.63, 3.8) is 0 Å². The molecule has 2 aromatic carbocycles. The first-order valence-electron chi connectivity index (χ1n) is 6.88. The lowest BCUT2D eigenvalue weighted by Crippen LogP contribution is -2.17. The molecule has 0 aromatic heterocycles. The standard InChI is InChI=1S/C16H15N3O5/c1-10-7-12(4-5-13(10)19(22)23)16(21)18-17-9-11-3-6-14(20)15(8-11)24-2/h3-9,20H,1-2H3,(H,18,21). The van der Waals surface area contributed by atoms with E-state index in [9.17, 15) is 20.0 Å². The van der Waals surface area contributed by atoms with E-state index in [0.717, 1.165) is 0 Å². The van der Waals surface area contributed by atoms with Crippen LogP contribution in [0.5, 0.6) is 11.5 Å². The molecule has 0 aliphatic rings. The smallest absolute Gasteiger partial charge is 0.272 e. The number of nitrogens with one attached hydrogen (secondary N) is 1. The summed E-state index contributed by atoms with van der Waals surface area (Å²) in [5, 5.41) is 24.1. The highest BCUT2D eigenvalue weighted by Gasteiger charge is 2.13. The molecule has 0 spiro atoms. The number of rotatable bonds is 5. The monoisotopic (exact) mass is 329 g/mol. The number of methoxy groups -OCH3 is 1. The largest absolute Gasteiger partial charge is 0.504 e. The SMILES string of the molecule is COc1cc(C=NNC(=O)c2ccc([N+](=O)[O-])c(C)c2)ccc1O. The molecular weight excluding hydrogens is 314 g/mol. The van der Waals surface area contributed by atoms with E-state index in [0.29, 0.717) is 11.1 Å². The third kappa shape index (κ3) is 3.86. The van der Waals surface area contributed by atoms with Crippen LogP contribution < -0.4 is 10.2 Å². The van der Waals surface area contributed by atoms with Crippen LogP contribution in [0.1, 0.15) is 21.5 Å². The number of benzene rings is 2. The number of hydrogen-bond donors (Lipinski definition) is 2. The molecule has 0 bridgehead atoms. The molecule has 0 aliphatic carbocycles. The number of carbonyl (C=O) groups is 1. The van der Waals surface area contributed by atoms with Gasteiger partial charge in [0, 0.05) is 17.2 Å². The van der Waals surface area contributed by atoms with E-state index in [1.165, 1.54) is 37.6 Å². The minimum atomic E-state index is -0.507. The van der Waals surface area contributed by atoms with Crippen LogP contribution in [0.4, 0.5) is 5.69 Å². The summed E-state index contributed by atoms with van der Waals surface area (Å²) >= 11 is 0. The Morgan fingerprint density at radius 2 is 2.08 bits per heavy atom. The number of phenolic OH excluding ortho intramolecular Hbond substituents is 1. The van der Waals surface area contributed by atoms with Gasteiger partial charge >= 0.3 is 0 Å². The maximum absolute atomic E-state index is 12.0. The summed E-state index contributed by atoms with van der Waals surface area (Å²) in [6, 6.07) is 8.66. The van der Waals surface area contributed by atoms with Gasteiger partial charge < -0.3 is 9.84 Å². The molecule has 0 aliphatic heterocycles. The second-order valence-electron chi connectivity index (χ2n) is 4.89. The Bertz CT molecular complexity index is 817. The predicted octanol–water partition coefficient (Wildman–Crippen LogP) is 2.38. The first kappa shape index (κ1) is 16.9. The molecule has 8 heteroatoms. The second kappa shape index (κ2) is 7.23. The Morgan fingerprint density at radius 3 is 2.71 bits per heavy atom. The number of nitrogens with zero attached hydrogens (tertiary/aromatic N) is 2. The van der Waals surface area contributed by atoms with Gasteiger partial charge in [-0.25, -0.2) is 5.43 Å². The first-order chi connectivity index (χ1) is 11.4. The number of hydrazone groups is 1. The molecule has 0 radical (unpaired) electrons. The van der Waals surface area contributed by atoms with E-state index in [-0.39, 0.29) is 22.7 Å². The van der Waals surface area contributed by atoms with Gasteiger partial charge in [-0.3, -0.25) is 14.9 Å². The third-order valence-electron chi connectivity index (χ3n) is 3.24. The second-order valence-corrected chi connectivity index (χ2v) is 4.89. The molecule has 2 aromatic rings. The summed E-state index contributed by atoms with van der Waals surface area (Å²) in [7, 11) is 1.43. The van der Waals surface area contributed by atoms with E-state index in [2.05, 4.69) is 10.5 Å². The van der Waals surface area contributed by atoms with Crippen LogP contribution in [0.2, 0.25) is 0 Å². The lowest BCUT2D eigenvalue weighted by Gasteiger charge is -2.04. The van der Waals surface area contributed by atoms with Gasteiger partial charge in [-0.05, 0) is 42.8 Å². The predicted molar refractivity (Wildman–Crippen MR) is 87.6 cm³/mol. The zero-order valence-corrected chi connectivity index (χ0v) is 13.0. The Kier molecular flexibility index (Phi) is 5.10. The number of nitro benzene ring substituents is 1. The van der Waals surface area contributed by atoms with Crippen molar-refractivity contribution in [2.45, 2.75) is 6.92 Å². The zero-order chi connectivity index (χ0) is 17.7. The number of carbonyl (C=O) groups excluding carboxylic acids is 1. The summed E-state index contributed by atoms with van der Waals surface area (Å²) < 4.78 is 4.97. The van der Waals surface area contributed by atoms with Crippen LogP contribution in [0.15, 0.2) is 41.5 Å². The first-order valence-corrected chi connectivity index (χ1v) is 6.88. The Hall–Kier alpha value is -3.42. The Labute approximate surface area is 137 Å². The average molecular weight is 329 g/mol. The lowest BCUT2D eigenvalue weighted by atomic mass is 10.1. The topological polar surface area (TPSA) is 114 Å². The van der Waals surface area contributed by atoms with Gasteiger partial charge in [-0.1, -0.05) is 0 Å². The molecule has 8 nitrogen and oxygen atoms in total. The molecule has 0 heterocycles. The highest BCUT2D eigenvalue weighted by Crippen LogP contribution is 2.25. The normalized spacial score (nSPS) is 10.6. The van der Waals surface area contributed by atoms with E-state index in [1.807, 2.05) is 0 Å². The van der Waals surface area contributed by atoms with Gasteiger partial charge in [0.2, 0.25) is 0 Å². The van der Waals surface area contributed by atoms with Crippen molar-refractivity contribution in [2.24, 2.45) is 5.10 Å². The molecule has 124 valence electrons. The number of nitro groups is 1. The van der Waals surface area contributed by atoms with E-state index in [1.54, 1.807) is 19.1 Å². The quantitative estimate of drug-likeness (QED) is 0.496. The highest BCUT2D eigenvalue weighted by atomic mass is 16.6. The van der Waals surface area contributed by atoms with Gasteiger partial charge in [-0.2, -0.15) is 5.10 Å². The fourth-order valence-electron chi connectivity index (χ4n) is 2.01. The van der Waals surface area contributed by atoms with Gasteiger partial charge in [0.05, 0.1) is 18.2 Å². The number of aromatic hydroxyl groups is 1. The zero-order valence-electron chi connectivity index (χ0n) is 13.0. The number of ether oxygens (including phenoxy) is 1. The minimum Gasteiger partial charge on any atom is -0.504 e. The maximum atomic E-state index is 12.0. The van der Waals surface area contributed by atoms with E-state index >= 15 is 0 Å². The highest BCUT2D eigenvalue weighted by molar-refractivity contribution is 5.95. The van der Waals surface area contributed by atoms with Crippen molar-refractivity contribution >= 4 is 17.8 Å². The van der Waals surface area contributed by atoms with Crippen molar-refractivity contribution in [1.29, 1.82) is 0 Å². The van der Waals surface area contributed by atoms with Crippen LogP contribution in [-0.4, -0.2) is 29.3 Å². The number of hydrogen-bond acceptors (Lipinski definition) is 6. The van der Waals surface area contributed by atoms with Crippen LogP contribution in [0.3, 0.4) is 0 Å². The van der Waals surface area contributed by atoms with Crippen molar-refractivity contribution in [2.75, 3.05) is 7.11 Å². The number of amides is 1. The molecule has 0 fully saturated rings.